The molecule has 6 nitrogen and oxygen atoms in total. The summed E-state index contributed by atoms with van der Waals surface area (Å²) in [5.74, 6) is 1.75. The number of piperazine rings is 1. The van der Waals surface area contributed by atoms with Crippen LogP contribution in [0.3, 0.4) is 0 Å². The number of β-amino-alcohol motifs (C(OH)–C–C–N with tert-alkyl or cyclic N) is 2. The minimum absolute atomic E-state index is 0.291. The summed E-state index contributed by atoms with van der Waals surface area (Å²) in [5.41, 5.74) is 6.86. The number of aliphatic hydroxyl groups excluding tert-OH is 2. The number of hydrogen-bond acceptors (Lipinski definition) is 6. The smallest absolute Gasteiger partial charge is 0.125 e. The fourth-order valence-electron chi connectivity index (χ4n) is 5.00. The van der Waals surface area contributed by atoms with Gasteiger partial charge in [0.15, 0.2) is 0 Å². The molecule has 2 N–H and O–H groups in total. The molecule has 1 aliphatic heterocycles. The van der Waals surface area contributed by atoms with E-state index in [4.69, 9.17) is 9.47 Å². The summed E-state index contributed by atoms with van der Waals surface area (Å²) in [7, 11) is 0. The van der Waals surface area contributed by atoms with Crippen molar-refractivity contribution in [2.45, 2.75) is 53.8 Å². The van der Waals surface area contributed by atoms with Gasteiger partial charge in [-0.05, 0) is 63.8 Å². The Kier molecular flexibility index (Phi) is 9.37. The highest BCUT2D eigenvalue weighted by atomic mass is 16.5. The van der Waals surface area contributed by atoms with E-state index < -0.39 is 12.2 Å². The molecule has 0 spiro atoms. The van der Waals surface area contributed by atoms with Crippen LogP contribution in [0.4, 0.5) is 0 Å². The molecule has 34 heavy (non-hydrogen) atoms. The summed E-state index contributed by atoms with van der Waals surface area (Å²) in [6, 6.07) is 8.43. The first-order valence-electron chi connectivity index (χ1n) is 12.3. The topological polar surface area (TPSA) is 65.4 Å². The second-order valence-electron chi connectivity index (χ2n) is 9.99. The first-order valence-corrected chi connectivity index (χ1v) is 12.3. The molecule has 0 unspecified atom stereocenters. The SMILES string of the molecule is Cc1cc(C)c(OC[C@H](O)CN2CCN(C[C@@H](O)COc3c(C)cc(C)cc3C)CC2)c(C)c1. The van der Waals surface area contributed by atoms with Crippen LogP contribution in [0.15, 0.2) is 24.3 Å². The predicted octanol–water partition coefficient (Wildman–Crippen LogP) is 3.33. The highest BCUT2D eigenvalue weighted by Crippen LogP contribution is 2.25. The monoisotopic (exact) mass is 470 g/mol. The molecule has 2 aromatic carbocycles. The van der Waals surface area contributed by atoms with Gasteiger partial charge in [0.1, 0.15) is 36.9 Å². The number of rotatable bonds is 10. The molecule has 0 bridgehead atoms. The highest BCUT2D eigenvalue weighted by Gasteiger charge is 2.22. The van der Waals surface area contributed by atoms with Crippen molar-refractivity contribution in [1.82, 2.24) is 9.80 Å². The fourth-order valence-corrected chi connectivity index (χ4v) is 5.00. The molecule has 0 aliphatic carbocycles. The van der Waals surface area contributed by atoms with Gasteiger partial charge in [-0.3, -0.25) is 9.80 Å². The summed E-state index contributed by atoms with van der Waals surface area (Å²) >= 11 is 0. The zero-order chi connectivity index (χ0) is 24.8. The molecular weight excluding hydrogens is 428 g/mol. The van der Waals surface area contributed by atoms with E-state index in [0.29, 0.717) is 26.3 Å². The molecule has 0 amide bonds. The quantitative estimate of drug-likeness (QED) is 0.555. The van der Waals surface area contributed by atoms with E-state index in [0.717, 1.165) is 59.9 Å². The number of nitrogens with zero attached hydrogens (tertiary/aromatic N) is 2. The number of ether oxygens (including phenoxy) is 2. The molecular formula is C28H42N2O4. The standard InChI is InChI=1S/C28H42N2O4/c1-19-11-21(3)27(22(4)12-19)33-17-25(31)15-29-7-9-30(10-8-29)16-26(32)18-34-28-23(5)13-20(2)14-24(28)6/h11-14,25-26,31-32H,7-10,15-18H2,1-6H3/t25-,26-/m1/s1. The fraction of sp³-hybridized carbons (Fsp3) is 0.571. The highest BCUT2D eigenvalue weighted by molar-refractivity contribution is 5.43. The van der Waals surface area contributed by atoms with Gasteiger partial charge in [-0.25, -0.2) is 0 Å². The van der Waals surface area contributed by atoms with Crippen LogP contribution in [0.1, 0.15) is 33.4 Å². The molecule has 2 atom stereocenters. The van der Waals surface area contributed by atoms with E-state index in [1.165, 1.54) is 11.1 Å². The van der Waals surface area contributed by atoms with Crippen LogP contribution >= 0.6 is 0 Å². The van der Waals surface area contributed by atoms with E-state index >= 15 is 0 Å². The third-order valence-corrected chi connectivity index (χ3v) is 6.45. The average molecular weight is 471 g/mol. The van der Waals surface area contributed by atoms with Crippen molar-refractivity contribution in [3.8, 4) is 11.5 Å². The minimum Gasteiger partial charge on any atom is -0.490 e. The van der Waals surface area contributed by atoms with Crippen molar-refractivity contribution in [2.75, 3.05) is 52.5 Å². The van der Waals surface area contributed by atoms with Gasteiger partial charge < -0.3 is 19.7 Å². The van der Waals surface area contributed by atoms with Crippen molar-refractivity contribution in [2.24, 2.45) is 0 Å². The number of aliphatic hydroxyl groups is 2. The summed E-state index contributed by atoms with van der Waals surface area (Å²) in [5, 5.41) is 21.0. The predicted molar refractivity (Wildman–Crippen MR) is 137 cm³/mol. The van der Waals surface area contributed by atoms with Crippen molar-refractivity contribution in [3.63, 3.8) is 0 Å². The average Bonchev–Trinajstić information content (AvgIpc) is 2.73. The maximum Gasteiger partial charge on any atom is 0.125 e. The third kappa shape index (κ3) is 7.44. The van der Waals surface area contributed by atoms with E-state index in [1.807, 2.05) is 27.7 Å². The van der Waals surface area contributed by atoms with Gasteiger partial charge in [-0.1, -0.05) is 35.4 Å². The third-order valence-electron chi connectivity index (χ3n) is 6.45. The lowest BCUT2D eigenvalue weighted by Crippen LogP contribution is -2.51. The van der Waals surface area contributed by atoms with Crippen molar-refractivity contribution < 1.29 is 19.7 Å². The molecule has 0 radical (unpaired) electrons. The Morgan fingerprint density at radius 2 is 0.912 bits per heavy atom. The summed E-state index contributed by atoms with van der Waals surface area (Å²) in [6.07, 6.45) is -1.07. The molecule has 1 heterocycles. The lowest BCUT2D eigenvalue weighted by atomic mass is 10.1. The Balaban J connectivity index is 1.37. The lowest BCUT2D eigenvalue weighted by molar-refractivity contribution is 0.0238. The summed E-state index contributed by atoms with van der Waals surface area (Å²) in [4.78, 5) is 4.53. The minimum atomic E-state index is -0.536. The zero-order valence-electron chi connectivity index (χ0n) is 21.7. The van der Waals surface area contributed by atoms with Gasteiger partial charge in [0.2, 0.25) is 0 Å². The maximum absolute atomic E-state index is 10.5. The van der Waals surface area contributed by atoms with Crippen LogP contribution in [0.5, 0.6) is 11.5 Å². The first kappa shape index (κ1) is 26.5. The van der Waals surface area contributed by atoms with Crippen LogP contribution in [-0.2, 0) is 0 Å². The Labute approximate surface area is 205 Å². The van der Waals surface area contributed by atoms with Gasteiger partial charge in [0, 0.05) is 39.3 Å². The summed E-state index contributed by atoms with van der Waals surface area (Å²) in [6.45, 7) is 17.6. The van der Waals surface area contributed by atoms with E-state index in [1.54, 1.807) is 0 Å². The van der Waals surface area contributed by atoms with Gasteiger partial charge in [-0.2, -0.15) is 0 Å². The summed E-state index contributed by atoms with van der Waals surface area (Å²) < 4.78 is 11.9. The van der Waals surface area contributed by atoms with Crippen LogP contribution < -0.4 is 9.47 Å². The van der Waals surface area contributed by atoms with Crippen LogP contribution in [0.2, 0.25) is 0 Å². The molecule has 0 saturated carbocycles. The maximum atomic E-state index is 10.5. The van der Waals surface area contributed by atoms with Crippen molar-refractivity contribution in [1.29, 1.82) is 0 Å². The molecule has 0 aromatic heterocycles. The number of benzene rings is 2. The normalized spacial score (nSPS) is 16.9. The largest absolute Gasteiger partial charge is 0.490 e. The Morgan fingerprint density at radius 1 is 0.618 bits per heavy atom. The molecule has 1 saturated heterocycles. The van der Waals surface area contributed by atoms with Crippen LogP contribution in [-0.4, -0.2) is 84.7 Å². The van der Waals surface area contributed by atoms with E-state index in [9.17, 15) is 10.2 Å². The van der Waals surface area contributed by atoms with E-state index in [2.05, 4.69) is 47.9 Å². The zero-order valence-corrected chi connectivity index (χ0v) is 21.7. The van der Waals surface area contributed by atoms with Crippen LogP contribution in [0, 0.1) is 41.5 Å². The number of hydrogen-bond donors (Lipinski definition) is 2. The molecule has 3 rings (SSSR count). The molecule has 1 fully saturated rings. The lowest BCUT2D eigenvalue weighted by Gasteiger charge is -2.36. The molecule has 1 aliphatic rings. The Morgan fingerprint density at radius 3 is 1.21 bits per heavy atom. The number of aryl methyl sites for hydroxylation is 6. The van der Waals surface area contributed by atoms with Gasteiger partial charge in [0.05, 0.1) is 0 Å². The second kappa shape index (κ2) is 12.0. The van der Waals surface area contributed by atoms with Gasteiger partial charge >= 0.3 is 0 Å². The second-order valence-corrected chi connectivity index (χ2v) is 9.99. The van der Waals surface area contributed by atoms with Gasteiger partial charge in [-0.15, -0.1) is 0 Å². The van der Waals surface area contributed by atoms with Crippen molar-refractivity contribution in [3.05, 3.63) is 57.6 Å². The Hall–Kier alpha value is -2.12. The molecule has 2 aromatic rings. The van der Waals surface area contributed by atoms with Gasteiger partial charge in [0.25, 0.3) is 0 Å². The molecule has 188 valence electrons. The van der Waals surface area contributed by atoms with Crippen molar-refractivity contribution >= 4 is 0 Å². The Bertz CT molecular complexity index is 830. The van der Waals surface area contributed by atoms with Crippen LogP contribution in [0.25, 0.3) is 0 Å². The van der Waals surface area contributed by atoms with E-state index in [-0.39, 0.29) is 0 Å². The first-order chi connectivity index (χ1) is 16.1. The molecule has 6 heteroatoms.